The predicted molar refractivity (Wildman–Crippen MR) is 101 cm³/mol. The Kier molecular flexibility index (Phi) is 6.38. The molecule has 2 rings (SSSR count). The molecule has 2 aromatic rings. The van der Waals surface area contributed by atoms with E-state index in [1.807, 2.05) is 0 Å². The predicted octanol–water partition coefficient (Wildman–Crippen LogP) is 4.26. The summed E-state index contributed by atoms with van der Waals surface area (Å²) in [7, 11) is 1.32. The van der Waals surface area contributed by atoms with E-state index < -0.39 is 16.8 Å². The number of carboxylic acids is 1. The maximum Gasteiger partial charge on any atom is 0.335 e. The van der Waals surface area contributed by atoms with E-state index in [0.717, 1.165) is 6.08 Å². The van der Waals surface area contributed by atoms with Gasteiger partial charge >= 0.3 is 5.97 Å². The van der Waals surface area contributed by atoms with Crippen LogP contribution in [0.3, 0.4) is 0 Å². The lowest BCUT2D eigenvalue weighted by Crippen LogP contribution is -2.10. The summed E-state index contributed by atoms with van der Waals surface area (Å²) < 4.78 is 5.08. The SMILES string of the molecule is COc1c(Cl)cc(C(=O)O)cc1NC(=O)/C=C/c1ccc(Cl)c([N+](=O)[O-])c1. The third-order valence-electron chi connectivity index (χ3n) is 3.35. The molecule has 27 heavy (non-hydrogen) atoms. The van der Waals surface area contributed by atoms with Crippen molar-refractivity contribution in [1.82, 2.24) is 0 Å². The number of amides is 1. The average molecular weight is 411 g/mol. The van der Waals surface area contributed by atoms with Gasteiger partial charge in [-0.25, -0.2) is 4.79 Å². The third-order valence-corrected chi connectivity index (χ3v) is 3.95. The summed E-state index contributed by atoms with van der Waals surface area (Å²) in [5, 5.41) is 22.4. The zero-order valence-corrected chi connectivity index (χ0v) is 15.2. The summed E-state index contributed by atoms with van der Waals surface area (Å²) in [6.45, 7) is 0. The van der Waals surface area contributed by atoms with Crippen LogP contribution in [0, 0.1) is 10.1 Å². The monoisotopic (exact) mass is 410 g/mol. The van der Waals surface area contributed by atoms with Crippen molar-refractivity contribution in [3.8, 4) is 5.75 Å². The first-order valence-electron chi connectivity index (χ1n) is 7.26. The minimum absolute atomic E-state index is 0.0185. The van der Waals surface area contributed by atoms with Crippen LogP contribution in [0.25, 0.3) is 6.08 Å². The highest BCUT2D eigenvalue weighted by molar-refractivity contribution is 6.33. The Morgan fingerprint density at radius 2 is 1.93 bits per heavy atom. The van der Waals surface area contributed by atoms with Crippen LogP contribution < -0.4 is 10.1 Å². The molecule has 0 aliphatic carbocycles. The topological polar surface area (TPSA) is 119 Å². The molecule has 0 aliphatic rings. The van der Waals surface area contributed by atoms with E-state index in [-0.39, 0.29) is 32.7 Å². The molecule has 0 aromatic heterocycles. The quantitative estimate of drug-likeness (QED) is 0.417. The molecule has 8 nitrogen and oxygen atoms in total. The molecule has 2 N–H and O–H groups in total. The second-order valence-corrected chi connectivity index (χ2v) is 5.95. The summed E-state index contributed by atoms with van der Waals surface area (Å²) >= 11 is 11.7. The number of ether oxygens (including phenoxy) is 1. The second-order valence-electron chi connectivity index (χ2n) is 5.13. The van der Waals surface area contributed by atoms with Crippen molar-refractivity contribution < 1.29 is 24.4 Å². The molecule has 1 amide bonds. The van der Waals surface area contributed by atoms with Gasteiger partial charge in [-0.05, 0) is 29.8 Å². The van der Waals surface area contributed by atoms with Crippen molar-refractivity contribution in [2.24, 2.45) is 0 Å². The van der Waals surface area contributed by atoms with Crippen molar-refractivity contribution in [3.05, 3.63) is 67.7 Å². The molecule has 10 heteroatoms. The fourth-order valence-corrected chi connectivity index (χ4v) is 2.62. The largest absolute Gasteiger partial charge is 0.493 e. The van der Waals surface area contributed by atoms with Gasteiger partial charge in [-0.1, -0.05) is 29.3 Å². The zero-order valence-electron chi connectivity index (χ0n) is 13.7. The van der Waals surface area contributed by atoms with Crippen molar-refractivity contribution in [1.29, 1.82) is 0 Å². The van der Waals surface area contributed by atoms with E-state index in [2.05, 4.69) is 5.32 Å². The lowest BCUT2D eigenvalue weighted by atomic mass is 10.1. The number of carbonyl (C=O) groups is 2. The summed E-state index contributed by atoms with van der Waals surface area (Å²) in [6, 6.07) is 6.46. The molecule has 0 radical (unpaired) electrons. The summed E-state index contributed by atoms with van der Waals surface area (Å²) in [4.78, 5) is 33.5. The molecule has 0 saturated heterocycles. The number of hydrogen-bond acceptors (Lipinski definition) is 5. The van der Waals surface area contributed by atoms with Crippen LogP contribution in [0.2, 0.25) is 10.0 Å². The molecule has 140 valence electrons. The lowest BCUT2D eigenvalue weighted by Gasteiger charge is -2.11. The first kappa shape index (κ1) is 20.2. The fourth-order valence-electron chi connectivity index (χ4n) is 2.14. The number of nitro groups is 1. The fraction of sp³-hybridized carbons (Fsp3) is 0.0588. The molecule has 0 spiro atoms. The van der Waals surface area contributed by atoms with Crippen LogP contribution in [0.15, 0.2) is 36.4 Å². The van der Waals surface area contributed by atoms with Gasteiger partial charge in [0.25, 0.3) is 5.69 Å². The van der Waals surface area contributed by atoms with E-state index in [1.54, 1.807) is 0 Å². The number of methoxy groups -OCH3 is 1. The summed E-state index contributed by atoms with van der Waals surface area (Å²) in [6.07, 6.45) is 2.46. The summed E-state index contributed by atoms with van der Waals surface area (Å²) in [5.41, 5.74) is 0.0277. The van der Waals surface area contributed by atoms with E-state index in [4.69, 9.17) is 33.0 Å². The number of anilines is 1. The van der Waals surface area contributed by atoms with Gasteiger partial charge in [0.1, 0.15) is 5.02 Å². The smallest absolute Gasteiger partial charge is 0.335 e. The Bertz CT molecular complexity index is 959. The number of carbonyl (C=O) groups excluding carboxylic acids is 1. The number of carboxylic acid groups (broad SMARTS) is 1. The van der Waals surface area contributed by atoms with Crippen LogP contribution in [-0.2, 0) is 4.79 Å². The number of nitro benzene ring substituents is 1. The molecule has 0 aliphatic heterocycles. The third kappa shape index (κ3) is 4.96. The molecule has 0 heterocycles. The van der Waals surface area contributed by atoms with Gasteiger partial charge in [-0.3, -0.25) is 14.9 Å². The number of nitrogens with one attached hydrogen (secondary N) is 1. The number of hydrogen-bond donors (Lipinski definition) is 2. The number of nitrogens with zero attached hydrogens (tertiary/aromatic N) is 1. The zero-order chi connectivity index (χ0) is 20.1. The molecule has 0 fully saturated rings. The Labute approximate surface area is 163 Å². The highest BCUT2D eigenvalue weighted by Gasteiger charge is 2.15. The first-order valence-corrected chi connectivity index (χ1v) is 8.02. The molecule has 0 atom stereocenters. The number of aromatic carboxylic acids is 1. The van der Waals surface area contributed by atoms with Crippen LogP contribution in [0.1, 0.15) is 15.9 Å². The minimum atomic E-state index is -1.22. The lowest BCUT2D eigenvalue weighted by molar-refractivity contribution is -0.384. The Hall–Kier alpha value is -3.10. The van der Waals surface area contributed by atoms with E-state index in [9.17, 15) is 19.7 Å². The average Bonchev–Trinajstić information content (AvgIpc) is 2.60. The maximum atomic E-state index is 12.1. The number of halogens is 2. The highest BCUT2D eigenvalue weighted by Crippen LogP contribution is 2.34. The van der Waals surface area contributed by atoms with Crippen molar-refractivity contribution in [3.63, 3.8) is 0 Å². The first-order chi connectivity index (χ1) is 12.7. The second kappa shape index (κ2) is 8.52. The van der Waals surface area contributed by atoms with Crippen molar-refractivity contribution in [2.45, 2.75) is 0 Å². The van der Waals surface area contributed by atoms with Gasteiger partial charge in [0.2, 0.25) is 5.91 Å². The molecular formula is C17H12Cl2N2O6. The van der Waals surface area contributed by atoms with Gasteiger partial charge in [-0.2, -0.15) is 0 Å². The molecule has 0 unspecified atom stereocenters. The van der Waals surface area contributed by atoms with E-state index in [0.29, 0.717) is 5.56 Å². The maximum absolute atomic E-state index is 12.1. The van der Waals surface area contributed by atoms with Crippen LogP contribution in [0.5, 0.6) is 5.75 Å². The standard InChI is InChI=1S/C17H12Cl2N2O6/c1-27-16-12(19)7-10(17(23)24)8-13(16)20-15(22)5-3-9-2-4-11(18)14(6-9)21(25)26/h2-8H,1H3,(H,20,22)(H,23,24)/b5-3+. The van der Waals surface area contributed by atoms with Crippen LogP contribution in [0.4, 0.5) is 11.4 Å². The van der Waals surface area contributed by atoms with Crippen LogP contribution >= 0.6 is 23.2 Å². The van der Waals surface area contributed by atoms with Crippen molar-refractivity contribution >= 4 is 52.5 Å². The molecule has 0 saturated carbocycles. The summed E-state index contributed by atoms with van der Waals surface area (Å²) in [5.74, 6) is -1.74. The minimum Gasteiger partial charge on any atom is -0.493 e. The number of rotatable bonds is 6. The van der Waals surface area contributed by atoms with Gasteiger partial charge < -0.3 is 15.2 Å². The van der Waals surface area contributed by atoms with Gasteiger partial charge in [0, 0.05) is 12.1 Å². The van der Waals surface area contributed by atoms with Crippen LogP contribution in [-0.4, -0.2) is 29.0 Å². The van der Waals surface area contributed by atoms with Gasteiger partial charge in [-0.15, -0.1) is 0 Å². The Morgan fingerprint density at radius 3 is 2.52 bits per heavy atom. The van der Waals surface area contributed by atoms with Gasteiger partial charge in [0.05, 0.1) is 28.3 Å². The normalized spacial score (nSPS) is 10.6. The molecule has 0 bridgehead atoms. The number of benzene rings is 2. The highest BCUT2D eigenvalue weighted by atomic mass is 35.5. The van der Waals surface area contributed by atoms with E-state index in [1.165, 1.54) is 43.5 Å². The van der Waals surface area contributed by atoms with Gasteiger partial charge in [0.15, 0.2) is 5.75 Å². The van der Waals surface area contributed by atoms with E-state index >= 15 is 0 Å². The Balaban J connectivity index is 2.25. The molecule has 2 aromatic carbocycles. The Morgan fingerprint density at radius 1 is 1.22 bits per heavy atom. The molecular weight excluding hydrogens is 399 g/mol. The van der Waals surface area contributed by atoms with Crippen molar-refractivity contribution in [2.75, 3.05) is 12.4 Å².